The number of rotatable bonds is 11. The van der Waals surface area contributed by atoms with Gasteiger partial charge in [0.05, 0.1) is 23.5 Å². The molecule has 7 heteroatoms. The lowest BCUT2D eigenvalue weighted by Gasteiger charge is -2.35. The third-order valence-corrected chi connectivity index (χ3v) is 6.71. The molecule has 2 atom stereocenters. The fourth-order valence-electron chi connectivity index (χ4n) is 4.43. The van der Waals surface area contributed by atoms with Crippen molar-refractivity contribution in [1.29, 1.82) is 0 Å². The van der Waals surface area contributed by atoms with E-state index in [-0.39, 0.29) is 0 Å². The van der Waals surface area contributed by atoms with Gasteiger partial charge in [-0.25, -0.2) is 9.97 Å². The second-order valence-electron chi connectivity index (χ2n) is 10.0. The Balaban J connectivity index is 0.000000686. The number of pyridine rings is 1. The lowest BCUT2D eigenvalue weighted by atomic mass is 9.87. The maximum atomic E-state index is 10.2. The second-order valence-corrected chi connectivity index (χ2v) is 10.0. The molecule has 2 aliphatic carbocycles. The monoisotopic (exact) mass is 575 g/mol. The van der Waals surface area contributed by atoms with E-state index in [1.165, 1.54) is 12.2 Å². The normalized spacial score (nSPS) is 18.8. The molecule has 0 fully saturated rings. The number of hydrogen-bond donors (Lipinski definition) is 2. The SMILES string of the molecule is C=C/C=C(/C)O.CC.CCCCOC1=CCC(c2nc3ncccc3n2CC2=CC=CCC2(C)OC(O)CC)=CC=C1. The smallest absolute Gasteiger partial charge is 0.178 e. The van der Waals surface area contributed by atoms with Crippen LogP contribution in [-0.2, 0) is 16.0 Å². The molecule has 0 saturated carbocycles. The van der Waals surface area contributed by atoms with Gasteiger partial charge in [0.2, 0.25) is 0 Å². The van der Waals surface area contributed by atoms with Gasteiger partial charge in [-0.2, -0.15) is 0 Å². The summed E-state index contributed by atoms with van der Waals surface area (Å²) in [6.07, 6.45) is 22.7. The van der Waals surface area contributed by atoms with Crippen molar-refractivity contribution in [1.82, 2.24) is 14.5 Å². The third kappa shape index (κ3) is 10.00. The fraction of sp³-hybridized carbons (Fsp3) is 0.429. The van der Waals surface area contributed by atoms with Crippen LogP contribution in [0.4, 0.5) is 0 Å². The van der Waals surface area contributed by atoms with Crippen molar-refractivity contribution in [2.24, 2.45) is 0 Å². The van der Waals surface area contributed by atoms with Gasteiger partial charge in [0, 0.05) is 12.7 Å². The number of allylic oxidation sites excluding steroid dienone is 10. The Morgan fingerprint density at radius 1 is 1.24 bits per heavy atom. The van der Waals surface area contributed by atoms with Crippen LogP contribution >= 0.6 is 0 Å². The molecular formula is C35H49N3O4. The molecule has 2 aromatic heterocycles. The summed E-state index contributed by atoms with van der Waals surface area (Å²) < 4.78 is 14.2. The number of aromatic nitrogens is 3. The van der Waals surface area contributed by atoms with Crippen LogP contribution in [0.15, 0.2) is 96.7 Å². The lowest BCUT2D eigenvalue weighted by molar-refractivity contribution is -0.165. The van der Waals surface area contributed by atoms with Crippen molar-refractivity contribution < 1.29 is 19.7 Å². The number of unbranched alkanes of at least 4 members (excludes halogenated alkanes) is 1. The summed E-state index contributed by atoms with van der Waals surface area (Å²) in [5.41, 5.74) is 3.31. The van der Waals surface area contributed by atoms with Gasteiger partial charge in [-0.1, -0.05) is 77.2 Å². The van der Waals surface area contributed by atoms with Crippen LogP contribution in [-0.4, -0.2) is 43.2 Å². The van der Waals surface area contributed by atoms with E-state index in [0.29, 0.717) is 25.1 Å². The van der Waals surface area contributed by atoms with E-state index in [9.17, 15) is 5.11 Å². The van der Waals surface area contributed by atoms with Crippen LogP contribution in [0, 0.1) is 0 Å². The number of ether oxygens (including phenoxy) is 2. The molecule has 2 heterocycles. The Bertz CT molecular complexity index is 1320. The first-order valence-corrected chi connectivity index (χ1v) is 15.0. The van der Waals surface area contributed by atoms with Crippen LogP contribution in [0.1, 0.15) is 79.5 Å². The minimum atomic E-state index is -0.800. The molecule has 4 rings (SSSR count). The largest absolute Gasteiger partial charge is 0.513 e. The zero-order valence-electron chi connectivity index (χ0n) is 26.2. The summed E-state index contributed by atoms with van der Waals surface area (Å²) in [5.74, 6) is 2.08. The Morgan fingerprint density at radius 2 is 2.02 bits per heavy atom. The highest BCUT2D eigenvalue weighted by Gasteiger charge is 2.33. The Hall–Kier alpha value is -3.68. The molecule has 7 nitrogen and oxygen atoms in total. The molecule has 0 bridgehead atoms. The minimum Gasteiger partial charge on any atom is -0.513 e. The van der Waals surface area contributed by atoms with Crippen molar-refractivity contribution in [3.8, 4) is 0 Å². The van der Waals surface area contributed by atoms with Gasteiger partial charge in [0.15, 0.2) is 11.9 Å². The predicted octanol–water partition coefficient (Wildman–Crippen LogP) is 8.53. The van der Waals surface area contributed by atoms with Crippen molar-refractivity contribution in [3.05, 3.63) is 103 Å². The maximum Gasteiger partial charge on any atom is 0.178 e. The fourth-order valence-corrected chi connectivity index (χ4v) is 4.43. The van der Waals surface area contributed by atoms with Gasteiger partial charge in [0.25, 0.3) is 0 Å². The average Bonchev–Trinajstić information content (AvgIpc) is 3.17. The van der Waals surface area contributed by atoms with Gasteiger partial charge >= 0.3 is 0 Å². The molecule has 2 aliphatic rings. The van der Waals surface area contributed by atoms with Crippen LogP contribution in [0.2, 0.25) is 0 Å². The van der Waals surface area contributed by atoms with Crippen molar-refractivity contribution in [2.45, 2.75) is 92.1 Å². The quantitative estimate of drug-likeness (QED) is 0.121. The van der Waals surface area contributed by atoms with Crippen molar-refractivity contribution >= 4 is 16.7 Å². The molecule has 0 spiro atoms. The molecular weight excluding hydrogens is 526 g/mol. The first-order valence-electron chi connectivity index (χ1n) is 15.0. The average molecular weight is 576 g/mol. The maximum absolute atomic E-state index is 10.2. The topological polar surface area (TPSA) is 89.6 Å². The van der Waals surface area contributed by atoms with E-state index in [1.807, 2.05) is 39.0 Å². The van der Waals surface area contributed by atoms with E-state index in [4.69, 9.17) is 19.6 Å². The molecule has 0 radical (unpaired) electrons. The zero-order chi connectivity index (χ0) is 31.0. The van der Waals surface area contributed by atoms with E-state index >= 15 is 0 Å². The number of fused-ring (bicyclic) bond motifs is 1. The highest BCUT2D eigenvalue weighted by Crippen LogP contribution is 2.34. The molecule has 2 unspecified atom stereocenters. The van der Waals surface area contributed by atoms with E-state index in [2.05, 4.69) is 66.4 Å². The number of hydrogen-bond acceptors (Lipinski definition) is 6. The number of nitrogens with zero attached hydrogens (tertiary/aromatic N) is 3. The molecule has 228 valence electrons. The first-order chi connectivity index (χ1) is 20.3. The molecule has 2 aromatic rings. The number of aliphatic hydroxyl groups excluding tert-OH is 2. The van der Waals surface area contributed by atoms with Crippen LogP contribution in [0.5, 0.6) is 0 Å². The Labute approximate surface area is 252 Å². The summed E-state index contributed by atoms with van der Waals surface area (Å²) >= 11 is 0. The summed E-state index contributed by atoms with van der Waals surface area (Å²) in [5, 5.41) is 18.6. The molecule has 0 amide bonds. The summed E-state index contributed by atoms with van der Waals surface area (Å²) in [6.45, 7) is 16.4. The lowest BCUT2D eigenvalue weighted by Crippen LogP contribution is -2.38. The van der Waals surface area contributed by atoms with Gasteiger partial charge < -0.3 is 24.3 Å². The molecule has 42 heavy (non-hydrogen) atoms. The minimum absolute atomic E-state index is 0.296. The highest BCUT2D eigenvalue weighted by molar-refractivity contribution is 5.77. The highest BCUT2D eigenvalue weighted by atomic mass is 16.6. The number of imidazole rings is 1. The van der Waals surface area contributed by atoms with Crippen molar-refractivity contribution in [3.63, 3.8) is 0 Å². The third-order valence-electron chi connectivity index (χ3n) is 6.71. The Morgan fingerprint density at radius 3 is 2.69 bits per heavy atom. The summed E-state index contributed by atoms with van der Waals surface area (Å²) in [4.78, 5) is 9.43. The van der Waals surface area contributed by atoms with Gasteiger partial charge in [-0.15, -0.1) is 0 Å². The first kappa shape index (κ1) is 34.5. The van der Waals surface area contributed by atoms with E-state index < -0.39 is 11.9 Å². The predicted molar refractivity (Wildman–Crippen MR) is 174 cm³/mol. The summed E-state index contributed by atoms with van der Waals surface area (Å²) in [6, 6.07) is 4.00. The van der Waals surface area contributed by atoms with Crippen LogP contribution in [0.3, 0.4) is 0 Å². The van der Waals surface area contributed by atoms with Crippen molar-refractivity contribution in [2.75, 3.05) is 6.61 Å². The Kier molecular flexibility index (Phi) is 14.8. The molecule has 0 saturated heterocycles. The molecule has 2 N–H and O–H groups in total. The molecule has 0 aliphatic heterocycles. The van der Waals surface area contributed by atoms with Gasteiger partial charge in [-0.3, -0.25) is 0 Å². The van der Waals surface area contributed by atoms with Crippen LogP contribution in [0.25, 0.3) is 16.7 Å². The van der Waals surface area contributed by atoms with Crippen LogP contribution < -0.4 is 0 Å². The van der Waals surface area contributed by atoms with Gasteiger partial charge in [0.1, 0.15) is 11.6 Å². The number of aliphatic hydroxyl groups is 2. The second kappa shape index (κ2) is 18.0. The standard InChI is InChI=1S/C28H35N3O3.C5H8O.C2H6/c1-4-6-19-33-23-13-9-11-21(15-16-23)27-30-26-24(14-10-18-29-26)31(27)20-22-12-7-8-17-28(22,3)34-25(32)5-2;1-3-4-5(2)6;1-2/h7-14,16,18,25,32H,4-6,15,17,19-20H2,1-3H3;3-4,6H,1H2,2H3;1-2H3/b;5-4-;. The molecule has 0 aromatic carbocycles. The van der Waals surface area contributed by atoms with E-state index in [1.54, 1.807) is 13.1 Å². The zero-order valence-corrected chi connectivity index (χ0v) is 26.2. The van der Waals surface area contributed by atoms with Gasteiger partial charge in [-0.05, 0) is 81.0 Å². The summed E-state index contributed by atoms with van der Waals surface area (Å²) in [7, 11) is 0. The van der Waals surface area contributed by atoms with E-state index in [0.717, 1.165) is 59.8 Å².